The number of hydrogen-bond donors (Lipinski definition) is 1. The van der Waals surface area contributed by atoms with Gasteiger partial charge in [0.1, 0.15) is 0 Å². The number of carbonyl (C=O) groups excluding carboxylic acids is 3. The molecule has 0 bridgehead atoms. The average molecular weight is 411 g/mol. The summed E-state index contributed by atoms with van der Waals surface area (Å²) in [6.07, 6.45) is 1.14. The normalized spacial score (nSPS) is 17.7. The Morgan fingerprint density at radius 2 is 1.62 bits per heavy atom. The number of benzene rings is 2. The molecule has 1 saturated heterocycles. The molecule has 0 aliphatic carbocycles. The molecule has 0 spiro atoms. The van der Waals surface area contributed by atoms with Crippen LogP contribution < -0.4 is 10.2 Å². The predicted octanol–water partition coefficient (Wildman–Crippen LogP) is 4.25. The van der Waals surface area contributed by atoms with Crippen LogP contribution in [0.15, 0.2) is 47.5 Å². The van der Waals surface area contributed by atoms with Crippen molar-refractivity contribution in [3.05, 3.63) is 57.5 Å². The van der Waals surface area contributed by atoms with E-state index in [1.807, 2.05) is 0 Å². The molecule has 1 N–H and O–H groups in total. The Hall–Kier alpha value is -2.41. The number of urea groups is 1. The van der Waals surface area contributed by atoms with E-state index in [1.54, 1.807) is 12.1 Å². The molecular formula is C17H10Cl3N3O3. The van der Waals surface area contributed by atoms with Gasteiger partial charge in [-0.2, -0.15) is 0 Å². The molecule has 1 heterocycles. The Balaban J connectivity index is 1.90. The Labute approximate surface area is 163 Å². The Morgan fingerprint density at radius 1 is 0.962 bits per heavy atom. The molecule has 9 heteroatoms. The lowest BCUT2D eigenvalue weighted by atomic mass is 10.1. The largest absolute Gasteiger partial charge is 0.335 e. The lowest BCUT2D eigenvalue weighted by Crippen LogP contribution is -2.58. The molecule has 0 unspecified atom stereocenters. The van der Waals surface area contributed by atoms with Gasteiger partial charge in [-0.05, 0) is 42.5 Å². The molecule has 1 atom stereocenters. The Bertz CT molecular complexity index is 929. The van der Waals surface area contributed by atoms with Crippen LogP contribution >= 0.6 is 34.8 Å². The second-order valence-electron chi connectivity index (χ2n) is 5.30. The maximum atomic E-state index is 12.7. The van der Waals surface area contributed by atoms with Crippen molar-refractivity contribution in [2.24, 2.45) is 10.9 Å². The molecule has 0 saturated carbocycles. The van der Waals surface area contributed by atoms with Gasteiger partial charge < -0.3 is 0 Å². The van der Waals surface area contributed by atoms with Crippen molar-refractivity contribution in [1.29, 1.82) is 0 Å². The molecule has 1 fully saturated rings. The van der Waals surface area contributed by atoms with Crippen LogP contribution in [0.2, 0.25) is 15.1 Å². The van der Waals surface area contributed by atoms with Crippen molar-refractivity contribution in [3.8, 4) is 0 Å². The molecule has 2 aromatic carbocycles. The van der Waals surface area contributed by atoms with E-state index < -0.39 is 23.8 Å². The molecule has 0 aromatic heterocycles. The topological polar surface area (TPSA) is 78.8 Å². The van der Waals surface area contributed by atoms with E-state index in [2.05, 4.69) is 10.3 Å². The lowest BCUT2D eigenvalue weighted by Gasteiger charge is -2.28. The van der Waals surface area contributed by atoms with Gasteiger partial charge in [-0.3, -0.25) is 19.9 Å². The number of carbonyl (C=O) groups is 3. The van der Waals surface area contributed by atoms with Gasteiger partial charge in [0.05, 0.1) is 16.4 Å². The third kappa shape index (κ3) is 3.72. The molecule has 3 rings (SSSR count). The van der Waals surface area contributed by atoms with E-state index in [1.165, 1.54) is 30.3 Å². The number of nitrogens with one attached hydrogen (secondary N) is 1. The number of aliphatic imine (C=N–C) groups is 1. The molecule has 2 aromatic rings. The van der Waals surface area contributed by atoms with Crippen molar-refractivity contribution in [1.82, 2.24) is 5.32 Å². The number of anilines is 1. The van der Waals surface area contributed by atoms with Gasteiger partial charge in [-0.25, -0.2) is 9.69 Å². The number of rotatable bonds is 3. The van der Waals surface area contributed by atoms with Crippen LogP contribution in [0.25, 0.3) is 0 Å². The summed E-state index contributed by atoms with van der Waals surface area (Å²) in [7, 11) is 0. The smallest absolute Gasteiger partial charge is 0.276 e. The molecule has 132 valence electrons. The van der Waals surface area contributed by atoms with Gasteiger partial charge in [0.25, 0.3) is 5.91 Å². The number of hydrogen-bond acceptors (Lipinski definition) is 4. The van der Waals surface area contributed by atoms with Crippen molar-refractivity contribution in [2.45, 2.75) is 0 Å². The van der Waals surface area contributed by atoms with E-state index in [9.17, 15) is 14.4 Å². The Kier molecular flexibility index (Phi) is 5.27. The fraction of sp³-hybridized carbons (Fsp3) is 0.0588. The molecule has 0 radical (unpaired) electrons. The minimum atomic E-state index is -1.28. The van der Waals surface area contributed by atoms with E-state index in [4.69, 9.17) is 34.8 Å². The average Bonchev–Trinajstić information content (AvgIpc) is 2.57. The maximum Gasteiger partial charge on any atom is 0.335 e. The number of amides is 4. The van der Waals surface area contributed by atoms with E-state index >= 15 is 0 Å². The van der Waals surface area contributed by atoms with Crippen molar-refractivity contribution < 1.29 is 14.4 Å². The zero-order valence-electron chi connectivity index (χ0n) is 12.9. The predicted molar refractivity (Wildman–Crippen MR) is 101 cm³/mol. The van der Waals surface area contributed by atoms with E-state index in [0.29, 0.717) is 15.7 Å². The molecular weight excluding hydrogens is 401 g/mol. The summed E-state index contributed by atoms with van der Waals surface area (Å²) in [5.74, 6) is -2.77. The molecule has 26 heavy (non-hydrogen) atoms. The van der Waals surface area contributed by atoms with Crippen molar-refractivity contribution >= 4 is 70.2 Å². The molecule has 1 aliphatic rings. The van der Waals surface area contributed by atoms with Gasteiger partial charge in [0, 0.05) is 16.3 Å². The number of nitrogens with zero attached hydrogens (tertiary/aromatic N) is 2. The number of halogens is 3. The van der Waals surface area contributed by atoms with Gasteiger partial charge in [-0.15, -0.1) is 0 Å². The van der Waals surface area contributed by atoms with Crippen molar-refractivity contribution in [3.63, 3.8) is 0 Å². The number of barbiturate groups is 1. The van der Waals surface area contributed by atoms with Crippen LogP contribution in [0.1, 0.15) is 0 Å². The minimum Gasteiger partial charge on any atom is -0.276 e. The SMILES string of the molecule is O=C1NC(=O)N(c2ccc(Cl)cc2)C(=O)[C@@H]1C=Nc1ccc(Cl)cc1Cl. The number of imide groups is 2. The zero-order valence-corrected chi connectivity index (χ0v) is 15.2. The summed E-state index contributed by atoms with van der Waals surface area (Å²) >= 11 is 17.7. The van der Waals surface area contributed by atoms with E-state index in [-0.39, 0.29) is 10.7 Å². The monoisotopic (exact) mass is 409 g/mol. The van der Waals surface area contributed by atoms with E-state index in [0.717, 1.165) is 11.1 Å². The molecule has 1 aliphatic heterocycles. The third-order valence-corrected chi connectivity index (χ3v) is 4.35. The van der Waals surface area contributed by atoms with Gasteiger partial charge in [-0.1, -0.05) is 34.8 Å². The Morgan fingerprint density at radius 3 is 2.27 bits per heavy atom. The second-order valence-corrected chi connectivity index (χ2v) is 6.58. The molecule has 6 nitrogen and oxygen atoms in total. The van der Waals surface area contributed by atoms with Crippen LogP contribution in [-0.4, -0.2) is 24.1 Å². The highest BCUT2D eigenvalue weighted by molar-refractivity contribution is 6.36. The minimum absolute atomic E-state index is 0.267. The maximum absolute atomic E-state index is 12.7. The third-order valence-electron chi connectivity index (χ3n) is 3.56. The first kappa shape index (κ1) is 18.4. The summed E-state index contributed by atoms with van der Waals surface area (Å²) in [6.45, 7) is 0. The van der Waals surface area contributed by atoms with Crippen LogP contribution in [0.5, 0.6) is 0 Å². The lowest BCUT2D eigenvalue weighted by molar-refractivity contribution is -0.131. The fourth-order valence-corrected chi connectivity index (χ4v) is 2.88. The highest BCUT2D eigenvalue weighted by atomic mass is 35.5. The van der Waals surface area contributed by atoms with Crippen LogP contribution in [0, 0.1) is 5.92 Å². The summed E-state index contributed by atoms with van der Waals surface area (Å²) < 4.78 is 0. The summed E-state index contributed by atoms with van der Waals surface area (Å²) in [5, 5.41) is 3.28. The summed E-state index contributed by atoms with van der Waals surface area (Å²) in [4.78, 5) is 41.7. The fourth-order valence-electron chi connectivity index (χ4n) is 2.30. The van der Waals surface area contributed by atoms with Crippen molar-refractivity contribution in [2.75, 3.05) is 4.90 Å². The van der Waals surface area contributed by atoms with Gasteiger partial charge >= 0.3 is 6.03 Å². The first-order valence-corrected chi connectivity index (χ1v) is 8.44. The highest BCUT2D eigenvalue weighted by Crippen LogP contribution is 2.28. The second kappa shape index (κ2) is 7.45. The quantitative estimate of drug-likeness (QED) is 0.607. The zero-order chi connectivity index (χ0) is 18.8. The standard InChI is InChI=1S/C17H10Cl3N3O3/c18-9-1-4-11(5-2-9)23-16(25)12(15(24)22-17(23)26)8-21-14-6-3-10(19)7-13(14)20/h1-8,12H,(H,22,24,26)/t12-/m1/s1. The first-order chi connectivity index (χ1) is 12.4. The van der Waals surface area contributed by atoms with Gasteiger partial charge in [0.15, 0.2) is 5.92 Å². The summed E-state index contributed by atoms with van der Waals surface area (Å²) in [5.41, 5.74) is 0.624. The van der Waals surface area contributed by atoms with Crippen LogP contribution in [0.3, 0.4) is 0 Å². The molecule has 4 amide bonds. The van der Waals surface area contributed by atoms with Crippen LogP contribution in [0.4, 0.5) is 16.2 Å². The van der Waals surface area contributed by atoms with Crippen LogP contribution in [-0.2, 0) is 9.59 Å². The first-order valence-electron chi connectivity index (χ1n) is 7.30. The highest BCUT2D eigenvalue weighted by Gasteiger charge is 2.40. The summed E-state index contributed by atoms with van der Waals surface area (Å²) in [6, 6.07) is 9.84. The van der Waals surface area contributed by atoms with Gasteiger partial charge in [0.2, 0.25) is 5.91 Å².